The third kappa shape index (κ3) is 3.18. The Kier molecular flexibility index (Phi) is 4.31. The molecule has 2 aromatic rings. The molecule has 0 bridgehead atoms. The highest BCUT2D eigenvalue weighted by Gasteiger charge is 2.13. The number of hydrogen-bond acceptors (Lipinski definition) is 2. The van der Waals surface area contributed by atoms with Crippen LogP contribution in [0, 0.1) is 0 Å². The lowest BCUT2D eigenvalue weighted by Gasteiger charge is -2.26. The molecule has 0 N–H and O–H groups in total. The standard InChI is InChI=1S/C16H17ClN3/c17-15-5-3-13(4-6-15)16-14(2-1-7-19-16)12-20-10-8-18-9-11-20/h1-7H,8-12H2. The fourth-order valence-corrected chi connectivity index (χ4v) is 2.61. The molecule has 1 aromatic heterocycles. The highest BCUT2D eigenvalue weighted by atomic mass is 35.5. The highest BCUT2D eigenvalue weighted by Crippen LogP contribution is 2.24. The van der Waals surface area contributed by atoms with Crippen LogP contribution in [0.15, 0.2) is 42.6 Å². The van der Waals surface area contributed by atoms with Crippen LogP contribution in [-0.2, 0) is 6.54 Å². The number of halogens is 1. The second-order valence-electron chi connectivity index (χ2n) is 4.96. The van der Waals surface area contributed by atoms with Gasteiger partial charge in [0, 0.05) is 49.5 Å². The Hall–Kier alpha value is -1.42. The predicted molar refractivity (Wildman–Crippen MR) is 81.8 cm³/mol. The van der Waals surface area contributed by atoms with Gasteiger partial charge in [-0.1, -0.05) is 29.8 Å². The van der Waals surface area contributed by atoms with Crippen molar-refractivity contribution in [1.29, 1.82) is 0 Å². The van der Waals surface area contributed by atoms with Crippen LogP contribution in [0.25, 0.3) is 11.3 Å². The lowest BCUT2D eigenvalue weighted by molar-refractivity contribution is 0.231. The van der Waals surface area contributed by atoms with E-state index in [0.717, 1.165) is 49.0 Å². The number of aromatic nitrogens is 1. The zero-order chi connectivity index (χ0) is 13.8. The summed E-state index contributed by atoms with van der Waals surface area (Å²) in [5.74, 6) is 0. The van der Waals surface area contributed by atoms with Gasteiger partial charge >= 0.3 is 0 Å². The van der Waals surface area contributed by atoms with Crippen LogP contribution in [0.3, 0.4) is 0 Å². The summed E-state index contributed by atoms with van der Waals surface area (Å²) in [6.45, 7) is 4.89. The lowest BCUT2D eigenvalue weighted by atomic mass is 10.1. The number of hydrogen-bond donors (Lipinski definition) is 0. The van der Waals surface area contributed by atoms with Crippen molar-refractivity contribution in [3.05, 3.63) is 53.2 Å². The van der Waals surface area contributed by atoms with Crippen molar-refractivity contribution >= 4 is 11.6 Å². The molecule has 2 heterocycles. The van der Waals surface area contributed by atoms with E-state index in [2.05, 4.69) is 21.3 Å². The van der Waals surface area contributed by atoms with Crippen molar-refractivity contribution in [1.82, 2.24) is 15.2 Å². The first kappa shape index (κ1) is 13.6. The van der Waals surface area contributed by atoms with Crippen LogP contribution in [0.5, 0.6) is 0 Å². The Balaban J connectivity index is 1.85. The van der Waals surface area contributed by atoms with Crippen molar-refractivity contribution in [3.8, 4) is 11.3 Å². The van der Waals surface area contributed by atoms with Crippen molar-refractivity contribution in [2.75, 3.05) is 26.2 Å². The van der Waals surface area contributed by atoms with Gasteiger partial charge in [-0.05, 0) is 23.8 Å². The Bertz CT molecular complexity index is 562. The van der Waals surface area contributed by atoms with E-state index >= 15 is 0 Å². The van der Waals surface area contributed by atoms with E-state index in [0.29, 0.717) is 0 Å². The van der Waals surface area contributed by atoms with Gasteiger partial charge in [-0.25, -0.2) is 5.32 Å². The molecule has 0 aliphatic carbocycles. The molecule has 4 heteroatoms. The molecule has 1 aliphatic rings. The maximum absolute atomic E-state index is 5.96. The zero-order valence-corrected chi connectivity index (χ0v) is 12.1. The summed E-state index contributed by atoms with van der Waals surface area (Å²) in [6.07, 6.45) is 1.85. The molecule has 0 saturated carbocycles. The fraction of sp³-hybridized carbons (Fsp3) is 0.312. The maximum Gasteiger partial charge on any atom is 0.0746 e. The summed E-state index contributed by atoms with van der Waals surface area (Å²) in [5, 5.41) is 5.14. The van der Waals surface area contributed by atoms with Crippen molar-refractivity contribution in [3.63, 3.8) is 0 Å². The third-order valence-corrected chi connectivity index (χ3v) is 3.80. The third-order valence-electron chi connectivity index (χ3n) is 3.55. The minimum atomic E-state index is 0.754. The summed E-state index contributed by atoms with van der Waals surface area (Å²) >= 11 is 5.96. The van der Waals surface area contributed by atoms with E-state index in [9.17, 15) is 0 Å². The predicted octanol–water partition coefficient (Wildman–Crippen LogP) is 2.82. The first-order chi connectivity index (χ1) is 9.83. The number of rotatable bonds is 3. The number of nitrogens with zero attached hydrogens (tertiary/aromatic N) is 3. The van der Waals surface area contributed by atoms with Crippen molar-refractivity contribution in [2.24, 2.45) is 0 Å². The molecule has 0 spiro atoms. The van der Waals surface area contributed by atoms with Gasteiger partial charge in [-0.2, -0.15) is 0 Å². The number of piperazine rings is 1. The minimum Gasteiger partial charge on any atom is -0.296 e. The van der Waals surface area contributed by atoms with Crippen molar-refractivity contribution < 1.29 is 0 Å². The molecule has 1 aromatic carbocycles. The van der Waals surface area contributed by atoms with Crippen LogP contribution in [0.4, 0.5) is 0 Å². The van der Waals surface area contributed by atoms with Crippen molar-refractivity contribution in [2.45, 2.75) is 6.54 Å². The van der Waals surface area contributed by atoms with Gasteiger partial charge in [0.1, 0.15) is 0 Å². The van der Waals surface area contributed by atoms with E-state index in [-0.39, 0.29) is 0 Å². The molecule has 0 amide bonds. The lowest BCUT2D eigenvalue weighted by Crippen LogP contribution is -2.39. The first-order valence-electron chi connectivity index (χ1n) is 6.88. The molecular weight excluding hydrogens is 270 g/mol. The van der Waals surface area contributed by atoms with E-state index < -0.39 is 0 Å². The SMILES string of the molecule is Clc1ccc(-c2ncccc2CN2CC[N]CC2)cc1. The molecule has 3 nitrogen and oxygen atoms in total. The van der Waals surface area contributed by atoms with E-state index in [1.54, 1.807) is 0 Å². The summed E-state index contributed by atoms with van der Waals surface area (Å²) in [6, 6.07) is 12.0. The molecule has 1 radical (unpaired) electrons. The molecule has 1 fully saturated rings. The molecular formula is C16H17ClN3. The second-order valence-corrected chi connectivity index (χ2v) is 5.40. The Morgan fingerprint density at radius 2 is 1.80 bits per heavy atom. The molecule has 1 aliphatic heterocycles. The monoisotopic (exact) mass is 286 g/mol. The summed E-state index contributed by atoms with van der Waals surface area (Å²) in [7, 11) is 0. The normalized spacial score (nSPS) is 16.2. The average Bonchev–Trinajstić information content (AvgIpc) is 2.50. The summed E-state index contributed by atoms with van der Waals surface area (Å²) in [4.78, 5) is 6.98. The zero-order valence-electron chi connectivity index (χ0n) is 11.3. The molecule has 0 unspecified atom stereocenters. The fourth-order valence-electron chi connectivity index (χ4n) is 2.48. The topological polar surface area (TPSA) is 30.2 Å². The Labute approximate surface area is 124 Å². The smallest absolute Gasteiger partial charge is 0.0746 e. The Morgan fingerprint density at radius 3 is 2.55 bits per heavy atom. The van der Waals surface area contributed by atoms with E-state index in [1.165, 1.54) is 5.56 Å². The van der Waals surface area contributed by atoms with Gasteiger partial charge in [-0.3, -0.25) is 9.88 Å². The Morgan fingerprint density at radius 1 is 1.05 bits per heavy atom. The molecule has 3 rings (SSSR count). The molecule has 1 saturated heterocycles. The first-order valence-corrected chi connectivity index (χ1v) is 7.26. The second kappa shape index (κ2) is 6.35. The van der Waals surface area contributed by atoms with Gasteiger partial charge in [0.2, 0.25) is 0 Å². The average molecular weight is 287 g/mol. The molecule has 0 atom stereocenters. The quantitative estimate of drug-likeness (QED) is 0.868. The van der Waals surface area contributed by atoms with Crippen LogP contribution in [0.2, 0.25) is 5.02 Å². The summed E-state index contributed by atoms with van der Waals surface area (Å²) in [5.41, 5.74) is 3.43. The molecule has 20 heavy (non-hydrogen) atoms. The minimum absolute atomic E-state index is 0.754. The van der Waals surface area contributed by atoms with Gasteiger partial charge in [0.05, 0.1) is 5.69 Å². The van der Waals surface area contributed by atoms with Crippen LogP contribution in [-0.4, -0.2) is 36.1 Å². The van der Waals surface area contributed by atoms with Gasteiger partial charge < -0.3 is 0 Å². The van der Waals surface area contributed by atoms with Crippen LogP contribution < -0.4 is 5.32 Å². The molecule has 103 valence electrons. The van der Waals surface area contributed by atoms with Crippen LogP contribution in [0.1, 0.15) is 5.56 Å². The van der Waals surface area contributed by atoms with E-state index in [1.807, 2.05) is 36.5 Å². The highest BCUT2D eigenvalue weighted by molar-refractivity contribution is 6.30. The number of pyridine rings is 1. The van der Waals surface area contributed by atoms with Gasteiger partial charge in [0.15, 0.2) is 0 Å². The maximum atomic E-state index is 5.96. The van der Waals surface area contributed by atoms with Gasteiger partial charge in [0.25, 0.3) is 0 Å². The van der Waals surface area contributed by atoms with Crippen LogP contribution >= 0.6 is 11.6 Å². The largest absolute Gasteiger partial charge is 0.296 e. The van der Waals surface area contributed by atoms with E-state index in [4.69, 9.17) is 11.6 Å². The summed E-state index contributed by atoms with van der Waals surface area (Å²) < 4.78 is 0. The number of benzene rings is 1. The van der Waals surface area contributed by atoms with Gasteiger partial charge in [-0.15, -0.1) is 0 Å².